The van der Waals surface area contributed by atoms with Crippen molar-refractivity contribution in [2.24, 2.45) is 0 Å². The molecule has 0 aromatic carbocycles. The van der Waals surface area contributed by atoms with Crippen LogP contribution in [0.3, 0.4) is 0 Å². The van der Waals surface area contributed by atoms with E-state index in [1.54, 1.807) is 11.3 Å². The standard InChI is InChI=1S/C18H22N2OS/c1-3-11-20(15-8-5-4-6-9-15)13-16-14(2)21-18(19-16)17-10-7-12-22-17/h1,7,10,12,15H,4-6,8-9,11,13H2,2H3. The Bertz CT molecular complexity index is 633. The van der Waals surface area contributed by atoms with Gasteiger partial charge in [0, 0.05) is 12.6 Å². The van der Waals surface area contributed by atoms with Crippen molar-refractivity contribution in [2.75, 3.05) is 6.54 Å². The van der Waals surface area contributed by atoms with E-state index in [0.29, 0.717) is 12.6 Å². The smallest absolute Gasteiger partial charge is 0.236 e. The molecule has 0 saturated heterocycles. The summed E-state index contributed by atoms with van der Waals surface area (Å²) in [5, 5.41) is 2.04. The molecule has 116 valence electrons. The fourth-order valence-electron chi connectivity index (χ4n) is 3.15. The van der Waals surface area contributed by atoms with Gasteiger partial charge in [0.25, 0.3) is 0 Å². The van der Waals surface area contributed by atoms with Gasteiger partial charge in [-0.3, -0.25) is 4.90 Å². The van der Waals surface area contributed by atoms with Crippen molar-refractivity contribution in [2.45, 2.75) is 51.6 Å². The topological polar surface area (TPSA) is 29.3 Å². The summed E-state index contributed by atoms with van der Waals surface area (Å²) in [7, 11) is 0. The van der Waals surface area contributed by atoms with Crippen molar-refractivity contribution in [3.8, 4) is 23.1 Å². The van der Waals surface area contributed by atoms with Crippen molar-refractivity contribution in [1.82, 2.24) is 9.88 Å². The number of rotatable bonds is 5. The minimum absolute atomic E-state index is 0.589. The van der Waals surface area contributed by atoms with Crippen molar-refractivity contribution < 1.29 is 4.42 Å². The molecule has 0 bridgehead atoms. The molecule has 4 heteroatoms. The number of oxazole rings is 1. The molecule has 1 aliphatic rings. The van der Waals surface area contributed by atoms with E-state index in [1.807, 2.05) is 24.4 Å². The number of aryl methyl sites for hydroxylation is 1. The molecule has 0 atom stereocenters. The van der Waals surface area contributed by atoms with Gasteiger partial charge in [-0.15, -0.1) is 17.8 Å². The third-order valence-electron chi connectivity index (χ3n) is 4.36. The highest BCUT2D eigenvalue weighted by Gasteiger charge is 2.23. The van der Waals surface area contributed by atoms with Gasteiger partial charge in [-0.05, 0) is 31.2 Å². The molecule has 0 unspecified atom stereocenters. The average Bonchev–Trinajstić information content (AvgIpc) is 3.18. The van der Waals surface area contributed by atoms with E-state index in [1.165, 1.54) is 32.1 Å². The fourth-order valence-corrected chi connectivity index (χ4v) is 3.80. The lowest BCUT2D eigenvalue weighted by molar-refractivity contribution is 0.165. The molecule has 1 aliphatic carbocycles. The lowest BCUT2D eigenvalue weighted by atomic mass is 9.94. The Hall–Kier alpha value is -1.57. The number of thiophene rings is 1. The van der Waals surface area contributed by atoms with E-state index in [4.69, 9.17) is 15.8 Å². The first-order valence-corrected chi connectivity index (χ1v) is 8.83. The summed E-state index contributed by atoms with van der Waals surface area (Å²) in [6.07, 6.45) is 12.0. The van der Waals surface area contributed by atoms with Crippen LogP contribution in [0.25, 0.3) is 10.8 Å². The molecule has 22 heavy (non-hydrogen) atoms. The Morgan fingerprint density at radius 1 is 1.41 bits per heavy atom. The maximum atomic E-state index is 5.85. The van der Waals surface area contributed by atoms with Crippen molar-refractivity contribution in [1.29, 1.82) is 0 Å². The molecule has 0 N–H and O–H groups in total. The summed E-state index contributed by atoms with van der Waals surface area (Å²) in [6.45, 7) is 3.47. The highest BCUT2D eigenvalue weighted by Crippen LogP contribution is 2.28. The summed E-state index contributed by atoms with van der Waals surface area (Å²) in [5.74, 6) is 4.44. The summed E-state index contributed by atoms with van der Waals surface area (Å²) in [4.78, 5) is 8.17. The Balaban J connectivity index is 1.76. The van der Waals surface area contributed by atoms with Crippen LogP contribution in [0, 0.1) is 19.3 Å². The number of hydrogen-bond acceptors (Lipinski definition) is 4. The van der Waals surface area contributed by atoms with Crippen molar-refractivity contribution in [3.05, 3.63) is 29.0 Å². The minimum Gasteiger partial charge on any atom is -0.440 e. The zero-order chi connectivity index (χ0) is 15.4. The van der Waals surface area contributed by atoms with Gasteiger partial charge in [-0.1, -0.05) is 31.2 Å². The number of aromatic nitrogens is 1. The van der Waals surface area contributed by atoms with Crippen LogP contribution in [0.5, 0.6) is 0 Å². The third-order valence-corrected chi connectivity index (χ3v) is 5.22. The van der Waals surface area contributed by atoms with Gasteiger partial charge in [0.05, 0.1) is 17.1 Å². The molecule has 0 aliphatic heterocycles. The van der Waals surface area contributed by atoms with Crippen LogP contribution in [0.4, 0.5) is 0 Å². The zero-order valence-electron chi connectivity index (χ0n) is 13.0. The second kappa shape index (κ2) is 7.13. The number of hydrogen-bond donors (Lipinski definition) is 0. The van der Waals surface area contributed by atoms with Gasteiger partial charge in [0.1, 0.15) is 5.76 Å². The molecule has 0 radical (unpaired) electrons. The summed E-state index contributed by atoms with van der Waals surface area (Å²) >= 11 is 1.65. The monoisotopic (exact) mass is 314 g/mol. The highest BCUT2D eigenvalue weighted by molar-refractivity contribution is 7.13. The van der Waals surface area contributed by atoms with Crippen LogP contribution in [0.2, 0.25) is 0 Å². The summed E-state index contributed by atoms with van der Waals surface area (Å²) in [6, 6.07) is 4.65. The first kappa shape index (κ1) is 15.3. The first-order valence-electron chi connectivity index (χ1n) is 7.95. The van der Waals surface area contributed by atoms with Gasteiger partial charge < -0.3 is 4.42 Å². The lowest BCUT2D eigenvalue weighted by Crippen LogP contribution is -2.36. The number of terminal acetylenes is 1. The van der Waals surface area contributed by atoms with Gasteiger partial charge in [0.15, 0.2) is 0 Å². The predicted octanol–water partition coefficient (Wildman–Crippen LogP) is 4.48. The van der Waals surface area contributed by atoms with Crippen LogP contribution in [-0.2, 0) is 6.54 Å². The Labute approximate surface area is 136 Å². The molecule has 1 saturated carbocycles. The number of nitrogens with zero attached hydrogens (tertiary/aromatic N) is 2. The molecule has 0 spiro atoms. The second-order valence-corrected chi connectivity index (χ2v) is 6.85. The van der Waals surface area contributed by atoms with E-state index in [0.717, 1.165) is 28.8 Å². The fraction of sp³-hybridized carbons (Fsp3) is 0.500. The Morgan fingerprint density at radius 2 is 2.23 bits per heavy atom. The van der Waals surface area contributed by atoms with Gasteiger partial charge in [-0.25, -0.2) is 4.98 Å². The minimum atomic E-state index is 0.589. The highest BCUT2D eigenvalue weighted by atomic mass is 32.1. The van der Waals surface area contributed by atoms with Gasteiger partial charge >= 0.3 is 0 Å². The van der Waals surface area contributed by atoms with E-state index < -0.39 is 0 Å². The Kier molecular flexibility index (Phi) is 4.97. The predicted molar refractivity (Wildman–Crippen MR) is 90.7 cm³/mol. The summed E-state index contributed by atoms with van der Waals surface area (Å²) in [5.41, 5.74) is 1.02. The first-order chi connectivity index (χ1) is 10.8. The molecule has 0 amide bonds. The van der Waals surface area contributed by atoms with Crippen LogP contribution in [0.1, 0.15) is 43.6 Å². The molecular weight excluding hydrogens is 292 g/mol. The normalized spacial score (nSPS) is 16.0. The van der Waals surface area contributed by atoms with Crippen LogP contribution < -0.4 is 0 Å². The van der Waals surface area contributed by atoms with E-state index in [-0.39, 0.29) is 0 Å². The molecule has 2 heterocycles. The maximum absolute atomic E-state index is 5.85. The van der Waals surface area contributed by atoms with E-state index >= 15 is 0 Å². The van der Waals surface area contributed by atoms with Gasteiger partial charge in [0.2, 0.25) is 5.89 Å². The van der Waals surface area contributed by atoms with Crippen LogP contribution in [0.15, 0.2) is 21.9 Å². The second-order valence-electron chi connectivity index (χ2n) is 5.90. The van der Waals surface area contributed by atoms with E-state index in [2.05, 4.69) is 10.8 Å². The molecule has 2 aromatic heterocycles. The molecule has 3 nitrogen and oxygen atoms in total. The molecular formula is C18H22N2OS. The Morgan fingerprint density at radius 3 is 2.91 bits per heavy atom. The summed E-state index contributed by atoms with van der Waals surface area (Å²) < 4.78 is 5.85. The van der Waals surface area contributed by atoms with E-state index in [9.17, 15) is 0 Å². The quantitative estimate of drug-likeness (QED) is 0.762. The zero-order valence-corrected chi connectivity index (χ0v) is 13.9. The average molecular weight is 314 g/mol. The largest absolute Gasteiger partial charge is 0.440 e. The SMILES string of the molecule is C#CCN(Cc1nc(-c2cccs2)oc1C)C1CCCCC1. The third kappa shape index (κ3) is 3.43. The van der Waals surface area contributed by atoms with Gasteiger partial charge in [-0.2, -0.15) is 0 Å². The molecule has 2 aromatic rings. The lowest BCUT2D eigenvalue weighted by Gasteiger charge is -2.32. The maximum Gasteiger partial charge on any atom is 0.236 e. The van der Waals surface area contributed by atoms with Crippen LogP contribution in [-0.4, -0.2) is 22.5 Å². The molecule has 3 rings (SSSR count). The van der Waals surface area contributed by atoms with Crippen LogP contribution >= 0.6 is 11.3 Å². The van der Waals surface area contributed by atoms with Crippen molar-refractivity contribution >= 4 is 11.3 Å². The van der Waals surface area contributed by atoms with Crippen molar-refractivity contribution in [3.63, 3.8) is 0 Å². The molecule has 1 fully saturated rings.